The summed E-state index contributed by atoms with van der Waals surface area (Å²) >= 11 is 0. The van der Waals surface area contributed by atoms with E-state index in [4.69, 9.17) is 4.74 Å². The first-order valence-electron chi connectivity index (χ1n) is 11.5. The van der Waals surface area contributed by atoms with Gasteiger partial charge in [0, 0.05) is 36.1 Å². The number of aromatic nitrogens is 1. The third-order valence-corrected chi connectivity index (χ3v) is 6.12. The van der Waals surface area contributed by atoms with Crippen molar-refractivity contribution < 1.29 is 20.1 Å². The smallest absolute Gasteiger partial charge is 0.146 e. The van der Waals surface area contributed by atoms with Gasteiger partial charge in [-0.2, -0.15) is 0 Å². The fourth-order valence-corrected chi connectivity index (χ4v) is 4.36. The van der Waals surface area contributed by atoms with Crippen molar-refractivity contribution >= 4 is 5.69 Å². The van der Waals surface area contributed by atoms with Gasteiger partial charge in [0.15, 0.2) is 0 Å². The molecule has 176 valence electrons. The second-order valence-electron chi connectivity index (χ2n) is 8.64. The van der Waals surface area contributed by atoms with Gasteiger partial charge in [0.1, 0.15) is 17.7 Å². The topological polar surface area (TPSA) is 90.1 Å². The lowest BCUT2D eigenvalue weighted by Gasteiger charge is -2.29. The number of nitrogens with zero attached hydrogens (tertiary/aromatic N) is 2. The van der Waals surface area contributed by atoms with Crippen LogP contribution in [0.4, 0.5) is 5.69 Å². The number of anilines is 1. The molecular weight excluding hydrogens is 418 g/mol. The lowest BCUT2D eigenvalue weighted by Crippen LogP contribution is -2.36. The standard InChI is InChI=1S/C26H33N3O4/c1-4-27-26(32)23-10-9-22(21-15-20(17(2)3)24(30)16-25(21)31)29(23)19-7-5-18(6-8-19)28-11-13-33-14-12-28/h5-10,15-17,26-27,30-32H,4,11-14H2,1-3H3. The van der Waals surface area contributed by atoms with Crippen LogP contribution in [-0.2, 0) is 4.74 Å². The van der Waals surface area contributed by atoms with Gasteiger partial charge in [-0.15, -0.1) is 0 Å². The van der Waals surface area contributed by atoms with Crippen LogP contribution in [-0.4, -0.2) is 52.7 Å². The Morgan fingerprint density at radius 1 is 0.939 bits per heavy atom. The summed E-state index contributed by atoms with van der Waals surface area (Å²) in [5, 5.41) is 34.9. The van der Waals surface area contributed by atoms with Crippen LogP contribution in [0.1, 0.15) is 44.2 Å². The average Bonchev–Trinajstić information content (AvgIpc) is 3.25. The van der Waals surface area contributed by atoms with Gasteiger partial charge in [-0.05, 0) is 60.5 Å². The fraction of sp³-hybridized carbons (Fsp3) is 0.385. The summed E-state index contributed by atoms with van der Waals surface area (Å²) in [5.74, 6) is 0.158. The normalized spacial score (nSPS) is 15.2. The van der Waals surface area contributed by atoms with E-state index < -0.39 is 6.23 Å². The zero-order valence-corrected chi connectivity index (χ0v) is 19.5. The summed E-state index contributed by atoms with van der Waals surface area (Å²) < 4.78 is 7.41. The highest BCUT2D eigenvalue weighted by molar-refractivity contribution is 5.73. The van der Waals surface area contributed by atoms with Gasteiger partial charge in [0.2, 0.25) is 0 Å². The van der Waals surface area contributed by atoms with Crippen LogP contribution in [0.5, 0.6) is 11.5 Å². The molecule has 2 heterocycles. The first-order chi connectivity index (χ1) is 15.9. The van der Waals surface area contributed by atoms with E-state index in [1.807, 2.05) is 55.7 Å². The number of phenolic OH excluding ortho intramolecular Hbond substituents is 2. The Balaban J connectivity index is 1.82. The minimum Gasteiger partial charge on any atom is -0.508 e. The summed E-state index contributed by atoms with van der Waals surface area (Å²) in [6.45, 7) is 9.71. The highest BCUT2D eigenvalue weighted by Gasteiger charge is 2.21. The first-order valence-corrected chi connectivity index (χ1v) is 11.5. The minimum atomic E-state index is -0.869. The van der Waals surface area contributed by atoms with Gasteiger partial charge >= 0.3 is 0 Å². The molecule has 0 aliphatic carbocycles. The van der Waals surface area contributed by atoms with Crippen molar-refractivity contribution in [3.63, 3.8) is 0 Å². The van der Waals surface area contributed by atoms with Crippen LogP contribution in [0, 0.1) is 0 Å². The van der Waals surface area contributed by atoms with Gasteiger partial charge in [-0.1, -0.05) is 20.8 Å². The molecule has 4 N–H and O–H groups in total. The van der Waals surface area contributed by atoms with E-state index >= 15 is 0 Å². The number of aliphatic hydroxyl groups excluding tert-OH is 1. The van der Waals surface area contributed by atoms with Crippen molar-refractivity contribution in [2.24, 2.45) is 0 Å². The number of hydrogen-bond donors (Lipinski definition) is 4. The Bertz CT molecular complexity index is 1090. The Morgan fingerprint density at radius 2 is 1.61 bits per heavy atom. The van der Waals surface area contributed by atoms with Gasteiger partial charge in [0.25, 0.3) is 0 Å². The van der Waals surface area contributed by atoms with Crippen molar-refractivity contribution in [3.8, 4) is 28.4 Å². The quantitative estimate of drug-likeness (QED) is 0.404. The molecule has 1 saturated heterocycles. The van der Waals surface area contributed by atoms with Gasteiger partial charge < -0.3 is 29.5 Å². The average molecular weight is 452 g/mol. The third kappa shape index (κ3) is 4.71. The predicted molar refractivity (Wildman–Crippen MR) is 130 cm³/mol. The molecule has 1 unspecified atom stereocenters. The van der Waals surface area contributed by atoms with Gasteiger partial charge in [0.05, 0.1) is 24.6 Å². The molecule has 0 saturated carbocycles. The highest BCUT2D eigenvalue weighted by Crippen LogP contribution is 2.40. The Kier molecular flexibility index (Phi) is 6.93. The molecule has 7 nitrogen and oxygen atoms in total. The molecule has 2 aromatic carbocycles. The summed E-state index contributed by atoms with van der Waals surface area (Å²) in [5.41, 5.74) is 4.76. The third-order valence-electron chi connectivity index (χ3n) is 6.12. The van der Waals surface area contributed by atoms with Crippen LogP contribution in [0.15, 0.2) is 48.5 Å². The molecule has 33 heavy (non-hydrogen) atoms. The van der Waals surface area contributed by atoms with Crippen LogP contribution < -0.4 is 10.2 Å². The highest BCUT2D eigenvalue weighted by atomic mass is 16.5. The van der Waals surface area contributed by atoms with E-state index in [0.29, 0.717) is 17.8 Å². The van der Waals surface area contributed by atoms with E-state index in [1.54, 1.807) is 0 Å². The molecule has 0 spiro atoms. The number of aliphatic hydroxyl groups is 1. The Labute approximate surface area is 194 Å². The first kappa shape index (κ1) is 23.2. The van der Waals surface area contributed by atoms with Crippen molar-refractivity contribution in [2.45, 2.75) is 32.9 Å². The van der Waals surface area contributed by atoms with Crippen molar-refractivity contribution in [1.82, 2.24) is 9.88 Å². The molecule has 1 aliphatic rings. The number of morpholine rings is 1. The SMILES string of the molecule is CCNC(O)c1ccc(-c2cc(C(C)C)c(O)cc2O)n1-c1ccc(N2CCOCC2)cc1. The maximum Gasteiger partial charge on any atom is 0.146 e. The molecule has 1 atom stereocenters. The lowest BCUT2D eigenvalue weighted by atomic mass is 9.97. The zero-order valence-electron chi connectivity index (χ0n) is 19.5. The van der Waals surface area contributed by atoms with Crippen LogP contribution in [0.2, 0.25) is 0 Å². The van der Waals surface area contributed by atoms with Crippen molar-refractivity contribution in [2.75, 3.05) is 37.7 Å². The number of aromatic hydroxyl groups is 2. The second-order valence-corrected chi connectivity index (χ2v) is 8.64. The molecule has 7 heteroatoms. The summed E-state index contributed by atoms with van der Waals surface area (Å²) in [4.78, 5) is 2.29. The summed E-state index contributed by atoms with van der Waals surface area (Å²) in [6, 6.07) is 15.2. The van der Waals surface area contributed by atoms with E-state index in [1.165, 1.54) is 6.07 Å². The summed E-state index contributed by atoms with van der Waals surface area (Å²) in [6.07, 6.45) is -0.869. The Hall–Kier alpha value is -3.00. The maximum absolute atomic E-state index is 10.8. The van der Waals surface area contributed by atoms with E-state index in [-0.39, 0.29) is 17.4 Å². The van der Waals surface area contributed by atoms with E-state index in [0.717, 1.165) is 48.9 Å². The zero-order chi connectivity index (χ0) is 23.5. The van der Waals surface area contributed by atoms with Crippen molar-refractivity contribution in [3.05, 3.63) is 59.8 Å². The fourth-order valence-electron chi connectivity index (χ4n) is 4.36. The van der Waals surface area contributed by atoms with Gasteiger partial charge in [-0.3, -0.25) is 5.32 Å². The number of hydrogen-bond acceptors (Lipinski definition) is 6. The predicted octanol–water partition coefficient (Wildman–Crippen LogP) is 4.12. The largest absolute Gasteiger partial charge is 0.508 e. The molecule has 1 fully saturated rings. The van der Waals surface area contributed by atoms with Crippen LogP contribution in [0.25, 0.3) is 16.9 Å². The minimum absolute atomic E-state index is 0.00863. The van der Waals surface area contributed by atoms with E-state index in [9.17, 15) is 15.3 Å². The monoisotopic (exact) mass is 451 g/mol. The number of ether oxygens (including phenoxy) is 1. The van der Waals surface area contributed by atoms with Crippen molar-refractivity contribution in [1.29, 1.82) is 0 Å². The lowest BCUT2D eigenvalue weighted by molar-refractivity contribution is 0.122. The molecule has 4 rings (SSSR count). The number of phenols is 2. The summed E-state index contributed by atoms with van der Waals surface area (Å²) in [7, 11) is 0. The number of rotatable bonds is 7. The number of nitrogens with one attached hydrogen (secondary N) is 1. The molecule has 0 radical (unpaired) electrons. The Morgan fingerprint density at radius 3 is 2.24 bits per heavy atom. The van der Waals surface area contributed by atoms with Gasteiger partial charge in [-0.25, -0.2) is 0 Å². The van der Waals surface area contributed by atoms with Crippen LogP contribution >= 0.6 is 0 Å². The van der Waals surface area contributed by atoms with Crippen LogP contribution in [0.3, 0.4) is 0 Å². The maximum atomic E-state index is 10.8. The second kappa shape index (κ2) is 9.87. The molecule has 0 amide bonds. The molecule has 1 aliphatic heterocycles. The molecule has 3 aromatic rings. The van der Waals surface area contributed by atoms with E-state index in [2.05, 4.69) is 22.3 Å². The molecular formula is C26H33N3O4. The molecule has 1 aromatic heterocycles. The molecule has 0 bridgehead atoms. The number of benzene rings is 2.